The molecule has 0 spiro atoms. The number of amides is 1. The molecule has 98 valence electrons. The fourth-order valence-corrected chi connectivity index (χ4v) is 2.28. The Morgan fingerprint density at radius 1 is 1.44 bits per heavy atom. The molecule has 0 saturated carbocycles. The third kappa shape index (κ3) is 3.37. The molecule has 1 fully saturated rings. The lowest BCUT2D eigenvalue weighted by Crippen LogP contribution is -2.36. The Morgan fingerprint density at radius 3 is 2.89 bits per heavy atom. The summed E-state index contributed by atoms with van der Waals surface area (Å²) in [6.45, 7) is 2.65. The van der Waals surface area contributed by atoms with Crippen LogP contribution in [-0.2, 0) is 0 Å². The number of halogens is 1. The molecule has 0 radical (unpaired) electrons. The highest BCUT2D eigenvalue weighted by atomic mass is 35.5. The number of carbonyl (C=O) groups is 1. The molecule has 0 aliphatic carbocycles. The van der Waals surface area contributed by atoms with Gasteiger partial charge in [0.05, 0.1) is 5.56 Å². The molecule has 1 aromatic carbocycles. The fraction of sp³-hybridized carbons (Fsp3) is 0.462. The third-order valence-corrected chi connectivity index (χ3v) is 3.45. The number of phenolic OH excluding ortho intramolecular Hbond substituents is 1. The molecule has 4 nitrogen and oxygen atoms in total. The van der Waals surface area contributed by atoms with Crippen LogP contribution in [0.15, 0.2) is 18.2 Å². The van der Waals surface area contributed by atoms with Crippen LogP contribution >= 0.6 is 11.6 Å². The minimum absolute atomic E-state index is 0.0396. The van der Waals surface area contributed by atoms with E-state index in [2.05, 4.69) is 10.6 Å². The highest BCUT2D eigenvalue weighted by Crippen LogP contribution is 2.21. The summed E-state index contributed by atoms with van der Waals surface area (Å²) in [5.41, 5.74) is 0.233. The smallest absolute Gasteiger partial charge is 0.255 e. The van der Waals surface area contributed by atoms with Gasteiger partial charge in [-0.15, -0.1) is 0 Å². The number of hydrogen-bond acceptors (Lipinski definition) is 3. The van der Waals surface area contributed by atoms with E-state index in [1.807, 2.05) is 0 Å². The van der Waals surface area contributed by atoms with E-state index in [4.69, 9.17) is 11.6 Å². The fourth-order valence-electron chi connectivity index (χ4n) is 2.11. The Hall–Kier alpha value is -1.26. The first-order valence-electron chi connectivity index (χ1n) is 6.14. The molecule has 1 saturated heterocycles. The SMILES string of the molecule is O=C(NCC1CCNCC1)c1cc(Cl)ccc1O. The van der Waals surface area contributed by atoms with E-state index in [0.717, 1.165) is 25.9 Å². The summed E-state index contributed by atoms with van der Waals surface area (Å²) in [7, 11) is 0. The van der Waals surface area contributed by atoms with Gasteiger partial charge in [-0.1, -0.05) is 11.6 Å². The van der Waals surface area contributed by atoms with Crippen molar-refractivity contribution in [2.45, 2.75) is 12.8 Å². The van der Waals surface area contributed by atoms with Gasteiger partial charge in [-0.2, -0.15) is 0 Å². The second-order valence-corrected chi connectivity index (χ2v) is 5.00. The van der Waals surface area contributed by atoms with Gasteiger partial charge in [0.25, 0.3) is 5.91 Å². The summed E-state index contributed by atoms with van der Waals surface area (Å²) in [4.78, 5) is 11.9. The first-order chi connectivity index (χ1) is 8.66. The van der Waals surface area contributed by atoms with Crippen LogP contribution in [-0.4, -0.2) is 30.6 Å². The lowest BCUT2D eigenvalue weighted by molar-refractivity contribution is 0.0941. The van der Waals surface area contributed by atoms with Gasteiger partial charge in [0.1, 0.15) is 5.75 Å². The molecule has 1 heterocycles. The van der Waals surface area contributed by atoms with E-state index in [1.165, 1.54) is 12.1 Å². The number of rotatable bonds is 3. The highest BCUT2D eigenvalue weighted by molar-refractivity contribution is 6.31. The van der Waals surface area contributed by atoms with E-state index in [9.17, 15) is 9.90 Å². The maximum Gasteiger partial charge on any atom is 0.255 e. The van der Waals surface area contributed by atoms with Crippen molar-refractivity contribution in [2.75, 3.05) is 19.6 Å². The van der Waals surface area contributed by atoms with Crippen molar-refractivity contribution in [3.63, 3.8) is 0 Å². The average molecular weight is 269 g/mol. The average Bonchev–Trinajstić information content (AvgIpc) is 2.40. The van der Waals surface area contributed by atoms with Crippen LogP contribution < -0.4 is 10.6 Å². The molecule has 2 rings (SSSR count). The van der Waals surface area contributed by atoms with Crippen LogP contribution in [0.3, 0.4) is 0 Å². The normalized spacial score (nSPS) is 16.5. The summed E-state index contributed by atoms with van der Waals surface area (Å²) < 4.78 is 0. The van der Waals surface area contributed by atoms with E-state index in [-0.39, 0.29) is 17.2 Å². The molecule has 0 aromatic heterocycles. The number of hydrogen-bond donors (Lipinski definition) is 3. The van der Waals surface area contributed by atoms with E-state index in [0.29, 0.717) is 17.5 Å². The molecule has 3 N–H and O–H groups in total. The number of nitrogens with one attached hydrogen (secondary N) is 2. The number of carbonyl (C=O) groups excluding carboxylic acids is 1. The molecule has 0 bridgehead atoms. The van der Waals surface area contributed by atoms with Gasteiger partial charge in [-0.3, -0.25) is 4.79 Å². The van der Waals surface area contributed by atoms with Crippen molar-refractivity contribution in [1.82, 2.24) is 10.6 Å². The first kappa shape index (κ1) is 13.2. The second-order valence-electron chi connectivity index (χ2n) is 4.56. The topological polar surface area (TPSA) is 61.4 Å². The molecule has 0 unspecified atom stereocenters. The largest absolute Gasteiger partial charge is 0.507 e. The minimum atomic E-state index is -0.270. The van der Waals surface area contributed by atoms with Crippen LogP contribution in [0.1, 0.15) is 23.2 Å². The molecule has 18 heavy (non-hydrogen) atoms. The van der Waals surface area contributed by atoms with Crippen LogP contribution in [0.25, 0.3) is 0 Å². The Morgan fingerprint density at radius 2 is 2.17 bits per heavy atom. The summed E-state index contributed by atoms with van der Waals surface area (Å²) in [6.07, 6.45) is 2.14. The quantitative estimate of drug-likeness (QED) is 0.783. The maximum absolute atomic E-state index is 11.9. The molecule has 1 aliphatic heterocycles. The molecule has 1 amide bonds. The summed E-state index contributed by atoms with van der Waals surface area (Å²) >= 11 is 5.81. The van der Waals surface area contributed by atoms with Crippen molar-refractivity contribution in [3.8, 4) is 5.75 Å². The highest BCUT2D eigenvalue weighted by Gasteiger charge is 2.16. The zero-order valence-corrected chi connectivity index (χ0v) is 10.8. The van der Waals surface area contributed by atoms with Crippen LogP contribution in [0, 0.1) is 5.92 Å². The predicted octanol–water partition coefficient (Wildman–Crippen LogP) is 1.77. The van der Waals surface area contributed by atoms with E-state index >= 15 is 0 Å². The lowest BCUT2D eigenvalue weighted by Gasteiger charge is -2.22. The van der Waals surface area contributed by atoms with Gasteiger partial charge >= 0.3 is 0 Å². The monoisotopic (exact) mass is 268 g/mol. The molecule has 5 heteroatoms. The number of benzene rings is 1. The summed E-state index contributed by atoms with van der Waals surface area (Å²) in [6, 6.07) is 4.47. The number of aromatic hydroxyl groups is 1. The first-order valence-corrected chi connectivity index (χ1v) is 6.52. The zero-order chi connectivity index (χ0) is 13.0. The van der Waals surface area contributed by atoms with Gasteiger partial charge in [0.2, 0.25) is 0 Å². The van der Waals surface area contributed by atoms with Crippen molar-refractivity contribution in [3.05, 3.63) is 28.8 Å². The second kappa shape index (κ2) is 6.07. The van der Waals surface area contributed by atoms with Gasteiger partial charge in [0, 0.05) is 11.6 Å². The van der Waals surface area contributed by atoms with Gasteiger partial charge in [-0.25, -0.2) is 0 Å². The maximum atomic E-state index is 11.9. The standard InChI is InChI=1S/C13H17ClN2O2/c14-10-1-2-12(17)11(7-10)13(18)16-8-9-3-5-15-6-4-9/h1-2,7,9,15,17H,3-6,8H2,(H,16,18). The molecular formula is C13H17ClN2O2. The predicted molar refractivity (Wildman–Crippen MR) is 71.0 cm³/mol. The third-order valence-electron chi connectivity index (χ3n) is 3.21. The van der Waals surface area contributed by atoms with Gasteiger partial charge in [0.15, 0.2) is 0 Å². The lowest BCUT2D eigenvalue weighted by atomic mass is 9.98. The minimum Gasteiger partial charge on any atom is -0.507 e. The van der Waals surface area contributed by atoms with Gasteiger partial charge < -0.3 is 15.7 Å². The summed E-state index contributed by atoms with van der Waals surface area (Å²) in [5, 5.41) is 16.2. The molecule has 0 atom stereocenters. The molecule has 1 aromatic rings. The molecule has 1 aliphatic rings. The molecular weight excluding hydrogens is 252 g/mol. The number of phenols is 1. The van der Waals surface area contributed by atoms with Crippen molar-refractivity contribution >= 4 is 17.5 Å². The van der Waals surface area contributed by atoms with Crippen LogP contribution in [0.2, 0.25) is 5.02 Å². The summed E-state index contributed by atoms with van der Waals surface area (Å²) in [5.74, 6) is 0.201. The Balaban J connectivity index is 1.92. The van der Waals surface area contributed by atoms with Crippen molar-refractivity contribution in [2.24, 2.45) is 5.92 Å². The Bertz CT molecular complexity index is 431. The van der Waals surface area contributed by atoms with E-state index < -0.39 is 0 Å². The Kier molecular flexibility index (Phi) is 4.44. The zero-order valence-electron chi connectivity index (χ0n) is 10.1. The Labute approximate surface area is 111 Å². The van der Waals surface area contributed by atoms with Crippen molar-refractivity contribution in [1.29, 1.82) is 0 Å². The van der Waals surface area contributed by atoms with Crippen molar-refractivity contribution < 1.29 is 9.90 Å². The number of piperidine rings is 1. The van der Waals surface area contributed by atoms with E-state index in [1.54, 1.807) is 6.07 Å². The van der Waals surface area contributed by atoms with Crippen LogP contribution in [0.5, 0.6) is 5.75 Å². The van der Waals surface area contributed by atoms with Crippen LogP contribution in [0.4, 0.5) is 0 Å². The van der Waals surface area contributed by atoms with Gasteiger partial charge in [-0.05, 0) is 50.0 Å².